The highest BCUT2D eigenvalue weighted by Crippen LogP contribution is 2.26. The molecule has 0 aliphatic carbocycles. The van der Waals surface area contributed by atoms with E-state index in [9.17, 15) is 9.59 Å². The molecule has 0 fully saturated rings. The molecular formula is C14H25N5O2S2. The van der Waals surface area contributed by atoms with E-state index in [1.807, 2.05) is 20.8 Å². The molecule has 1 rings (SSSR count). The second-order valence-corrected chi connectivity index (χ2v) is 8.72. The Morgan fingerprint density at radius 1 is 1.26 bits per heavy atom. The van der Waals surface area contributed by atoms with Crippen LogP contribution in [0.2, 0.25) is 0 Å². The van der Waals surface area contributed by atoms with Crippen molar-refractivity contribution < 1.29 is 9.59 Å². The molecule has 1 aromatic rings. The second-order valence-electron chi connectivity index (χ2n) is 6.52. The first-order valence-corrected chi connectivity index (χ1v) is 9.28. The summed E-state index contributed by atoms with van der Waals surface area (Å²) in [5, 5.41) is 16.9. The molecule has 1 heterocycles. The third-order valence-electron chi connectivity index (χ3n) is 2.48. The van der Waals surface area contributed by atoms with E-state index >= 15 is 0 Å². The lowest BCUT2D eigenvalue weighted by Gasteiger charge is -2.18. The molecule has 0 aliphatic rings. The van der Waals surface area contributed by atoms with Crippen molar-refractivity contribution in [1.29, 1.82) is 0 Å². The SMILES string of the molecule is CC(C)CCNC(=O)NC(=O)CSc1nnc(NC(C)(C)C)s1. The molecule has 7 nitrogen and oxygen atoms in total. The fraction of sp³-hybridized carbons (Fsp3) is 0.714. The van der Waals surface area contributed by atoms with Gasteiger partial charge in [0.15, 0.2) is 4.34 Å². The Hall–Kier alpha value is -1.35. The van der Waals surface area contributed by atoms with Gasteiger partial charge in [0, 0.05) is 12.1 Å². The second kappa shape index (κ2) is 9.07. The quantitative estimate of drug-likeness (QED) is 0.648. The van der Waals surface area contributed by atoms with Crippen LogP contribution in [-0.2, 0) is 4.79 Å². The lowest BCUT2D eigenvalue weighted by Crippen LogP contribution is -2.40. The topological polar surface area (TPSA) is 96.0 Å². The van der Waals surface area contributed by atoms with Crippen LogP contribution in [0, 0.1) is 5.92 Å². The molecule has 23 heavy (non-hydrogen) atoms. The summed E-state index contributed by atoms with van der Waals surface area (Å²) in [6, 6.07) is -0.455. The molecular weight excluding hydrogens is 334 g/mol. The van der Waals surface area contributed by atoms with Crippen molar-refractivity contribution in [3.8, 4) is 0 Å². The number of hydrogen-bond acceptors (Lipinski definition) is 7. The average molecular weight is 360 g/mol. The lowest BCUT2D eigenvalue weighted by molar-refractivity contribution is -0.117. The fourth-order valence-corrected chi connectivity index (χ4v) is 3.21. The smallest absolute Gasteiger partial charge is 0.321 e. The number of imide groups is 1. The van der Waals surface area contributed by atoms with Crippen molar-refractivity contribution in [3.05, 3.63) is 0 Å². The Morgan fingerprint density at radius 3 is 2.57 bits per heavy atom. The van der Waals surface area contributed by atoms with Crippen molar-refractivity contribution >= 4 is 40.2 Å². The monoisotopic (exact) mass is 359 g/mol. The molecule has 3 N–H and O–H groups in total. The van der Waals surface area contributed by atoms with Crippen LogP contribution in [0.5, 0.6) is 0 Å². The fourth-order valence-electron chi connectivity index (χ4n) is 1.45. The van der Waals surface area contributed by atoms with Crippen LogP contribution in [-0.4, -0.2) is 40.0 Å². The average Bonchev–Trinajstić information content (AvgIpc) is 2.81. The number of anilines is 1. The minimum absolute atomic E-state index is 0.0904. The molecule has 0 aliphatic heterocycles. The number of amides is 3. The maximum Gasteiger partial charge on any atom is 0.321 e. The maximum atomic E-state index is 11.7. The van der Waals surface area contributed by atoms with Gasteiger partial charge in [0.05, 0.1) is 5.75 Å². The molecule has 0 aromatic carbocycles. The van der Waals surface area contributed by atoms with Crippen LogP contribution in [0.25, 0.3) is 0 Å². The van der Waals surface area contributed by atoms with Gasteiger partial charge in [-0.05, 0) is 33.1 Å². The number of nitrogens with zero attached hydrogens (tertiary/aromatic N) is 2. The standard InChI is InChI=1S/C14H25N5O2S2/c1-9(2)6-7-15-11(21)16-10(20)8-22-13-19-18-12(23-13)17-14(3,4)5/h9H,6-8H2,1-5H3,(H,17,18)(H2,15,16,20,21). The molecule has 3 amide bonds. The predicted molar refractivity (Wildman–Crippen MR) is 95.0 cm³/mol. The first-order valence-electron chi connectivity index (χ1n) is 7.48. The van der Waals surface area contributed by atoms with E-state index in [0.29, 0.717) is 21.9 Å². The summed E-state index contributed by atoms with van der Waals surface area (Å²) < 4.78 is 0.687. The van der Waals surface area contributed by atoms with Crippen LogP contribution < -0.4 is 16.0 Å². The summed E-state index contributed by atoms with van der Waals surface area (Å²) in [4.78, 5) is 23.2. The van der Waals surface area contributed by atoms with E-state index in [-0.39, 0.29) is 17.2 Å². The number of nitrogens with one attached hydrogen (secondary N) is 3. The zero-order chi connectivity index (χ0) is 17.5. The van der Waals surface area contributed by atoms with E-state index in [0.717, 1.165) is 6.42 Å². The van der Waals surface area contributed by atoms with Gasteiger partial charge in [0.1, 0.15) is 0 Å². The zero-order valence-corrected chi connectivity index (χ0v) is 15.9. The zero-order valence-electron chi connectivity index (χ0n) is 14.2. The molecule has 1 aromatic heterocycles. The van der Waals surface area contributed by atoms with Crippen molar-refractivity contribution in [2.24, 2.45) is 5.92 Å². The van der Waals surface area contributed by atoms with Crippen molar-refractivity contribution in [3.63, 3.8) is 0 Å². The third-order valence-corrected chi connectivity index (χ3v) is 4.45. The summed E-state index contributed by atoms with van der Waals surface area (Å²) in [5.41, 5.74) is -0.0904. The van der Waals surface area contributed by atoms with Gasteiger partial charge in [-0.3, -0.25) is 10.1 Å². The first-order chi connectivity index (χ1) is 10.7. The van der Waals surface area contributed by atoms with E-state index in [1.165, 1.54) is 23.1 Å². The highest BCUT2D eigenvalue weighted by atomic mass is 32.2. The number of hydrogen-bond donors (Lipinski definition) is 3. The summed E-state index contributed by atoms with van der Waals surface area (Å²) in [7, 11) is 0. The number of urea groups is 1. The number of thioether (sulfide) groups is 1. The maximum absolute atomic E-state index is 11.7. The highest BCUT2D eigenvalue weighted by molar-refractivity contribution is 8.01. The third kappa shape index (κ3) is 9.39. The number of rotatable bonds is 7. The van der Waals surface area contributed by atoms with Gasteiger partial charge < -0.3 is 10.6 Å². The van der Waals surface area contributed by atoms with Crippen LogP contribution in [0.4, 0.5) is 9.93 Å². The molecule has 9 heteroatoms. The van der Waals surface area contributed by atoms with Gasteiger partial charge in [-0.1, -0.05) is 36.9 Å². The molecule has 0 unspecified atom stereocenters. The molecule has 0 saturated heterocycles. The van der Waals surface area contributed by atoms with E-state index in [2.05, 4.69) is 40.0 Å². The summed E-state index contributed by atoms with van der Waals surface area (Å²) >= 11 is 2.65. The van der Waals surface area contributed by atoms with Crippen LogP contribution in [0.15, 0.2) is 4.34 Å². The Kier molecular flexibility index (Phi) is 7.77. The van der Waals surface area contributed by atoms with E-state index in [4.69, 9.17) is 0 Å². The Balaban J connectivity index is 2.29. The normalized spacial score (nSPS) is 11.4. The van der Waals surface area contributed by atoms with Crippen molar-refractivity contribution in [2.45, 2.75) is 50.9 Å². The summed E-state index contributed by atoms with van der Waals surface area (Å²) in [5.74, 6) is 0.286. The van der Waals surface area contributed by atoms with Gasteiger partial charge in [-0.15, -0.1) is 10.2 Å². The minimum atomic E-state index is -0.455. The Bertz CT molecular complexity index is 525. The highest BCUT2D eigenvalue weighted by Gasteiger charge is 2.14. The lowest BCUT2D eigenvalue weighted by atomic mass is 10.1. The molecule has 130 valence electrons. The number of aromatic nitrogens is 2. The largest absolute Gasteiger partial charge is 0.355 e. The summed E-state index contributed by atoms with van der Waals surface area (Å²) in [6.07, 6.45) is 0.880. The minimum Gasteiger partial charge on any atom is -0.355 e. The van der Waals surface area contributed by atoms with Crippen LogP contribution >= 0.6 is 23.1 Å². The molecule has 0 bridgehead atoms. The van der Waals surface area contributed by atoms with Gasteiger partial charge in [0.2, 0.25) is 11.0 Å². The van der Waals surface area contributed by atoms with Crippen molar-refractivity contribution in [1.82, 2.24) is 20.8 Å². The van der Waals surface area contributed by atoms with Crippen LogP contribution in [0.3, 0.4) is 0 Å². The Labute approximate surface area is 145 Å². The Morgan fingerprint density at radius 2 is 1.96 bits per heavy atom. The van der Waals surface area contributed by atoms with Crippen molar-refractivity contribution in [2.75, 3.05) is 17.6 Å². The molecule has 0 atom stereocenters. The molecule has 0 saturated carbocycles. The number of carbonyl (C=O) groups is 2. The summed E-state index contributed by atoms with van der Waals surface area (Å²) in [6.45, 7) is 10.8. The molecule has 0 radical (unpaired) electrons. The van der Waals surface area contributed by atoms with E-state index in [1.54, 1.807) is 0 Å². The molecule has 0 spiro atoms. The predicted octanol–water partition coefficient (Wildman–Crippen LogP) is 2.71. The van der Waals surface area contributed by atoms with Gasteiger partial charge >= 0.3 is 6.03 Å². The van der Waals surface area contributed by atoms with Gasteiger partial charge in [0.25, 0.3) is 0 Å². The van der Waals surface area contributed by atoms with E-state index < -0.39 is 6.03 Å². The van der Waals surface area contributed by atoms with Gasteiger partial charge in [-0.25, -0.2) is 4.79 Å². The first kappa shape index (κ1) is 19.7. The van der Waals surface area contributed by atoms with Gasteiger partial charge in [-0.2, -0.15) is 0 Å². The number of carbonyl (C=O) groups excluding carboxylic acids is 2. The van der Waals surface area contributed by atoms with Crippen LogP contribution in [0.1, 0.15) is 41.0 Å².